The lowest BCUT2D eigenvalue weighted by Crippen LogP contribution is -2.09. The molecule has 0 spiro atoms. The first-order valence-corrected chi connectivity index (χ1v) is 8.26. The van der Waals surface area contributed by atoms with Gasteiger partial charge in [0, 0.05) is 18.3 Å². The summed E-state index contributed by atoms with van der Waals surface area (Å²) >= 11 is 5.63. The molecule has 0 fully saturated rings. The Hall–Kier alpha value is -2.02. The standard InChI is InChI=1S/C17H20ClF3N4/c1-10(2)6-7-22-15-9-16(24-11(3)23-15)25-12-4-5-14(18)13(8-12)17(19,20)21/h4-5,8-10H,6-7H2,1-3H3,(H2,22,23,24,25). The maximum Gasteiger partial charge on any atom is 0.417 e. The van der Waals surface area contributed by atoms with Crippen LogP contribution in [0.3, 0.4) is 0 Å². The maximum atomic E-state index is 13.0. The molecule has 0 saturated heterocycles. The molecule has 1 aromatic carbocycles. The van der Waals surface area contributed by atoms with E-state index in [2.05, 4.69) is 34.4 Å². The van der Waals surface area contributed by atoms with Gasteiger partial charge in [0.25, 0.3) is 0 Å². The van der Waals surface area contributed by atoms with Gasteiger partial charge in [-0.25, -0.2) is 9.97 Å². The number of halogens is 4. The van der Waals surface area contributed by atoms with Crippen LogP contribution in [0.1, 0.15) is 31.7 Å². The van der Waals surface area contributed by atoms with E-state index >= 15 is 0 Å². The molecule has 136 valence electrons. The molecule has 2 aromatic rings. The van der Waals surface area contributed by atoms with Gasteiger partial charge in [0.15, 0.2) is 0 Å². The van der Waals surface area contributed by atoms with E-state index in [1.54, 1.807) is 13.0 Å². The highest BCUT2D eigenvalue weighted by Gasteiger charge is 2.33. The van der Waals surface area contributed by atoms with Crippen LogP contribution in [0.2, 0.25) is 5.02 Å². The molecule has 2 N–H and O–H groups in total. The molecule has 25 heavy (non-hydrogen) atoms. The number of nitrogens with zero attached hydrogens (tertiary/aromatic N) is 2. The van der Waals surface area contributed by atoms with E-state index < -0.39 is 11.7 Å². The zero-order chi connectivity index (χ0) is 18.6. The van der Waals surface area contributed by atoms with Crippen molar-refractivity contribution in [2.75, 3.05) is 17.2 Å². The highest BCUT2D eigenvalue weighted by molar-refractivity contribution is 6.31. The molecule has 0 aliphatic heterocycles. The fourth-order valence-electron chi connectivity index (χ4n) is 2.18. The van der Waals surface area contributed by atoms with E-state index in [1.807, 2.05) is 0 Å². The lowest BCUT2D eigenvalue weighted by atomic mass is 10.1. The monoisotopic (exact) mass is 372 g/mol. The Balaban J connectivity index is 2.18. The molecular weight excluding hydrogens is 353 g/mol. The summed E-state index contributed by atoms with van der Waals surface area (Å²) in [5, 5.41) is 5.73. The molecule has 0 radical (unpaired) electrons. The van der Waals surface area contributed by atoms with Crippen molar-refractivity contribution in [3.8, 4) is 0 Å². The van der Waals surface area contributed by atoms with Crippen molar-refractivity contribution in [3.05, 3.63) is 40.7 Å². The van der Waals surface area contributed by atoms with Gasteiger partial charge in [-0.2, -0.15) is 13.2 Å². The van der Waals surface area contributed by atoms with Gasteiger partial charge in [0.05, 0.1) is 10.6 Å². The fraction of sp³-hybridized carbons (Fsp3) is 0.412. The molecule has 2 rings (SSSR count). The lowest BCUT2D eigenvalue weighted by molar-refractivity contribution is -0.137. The van der Waals surface area contributed by atoms with Crippen LogP contribution >= 0.6 is 11.6 Å². The summed E-state index contributed by atoms with van der Waals surface area (Å²) in [6.45, 7) is 6.73. The molecule has 1 aromatic heterocycles. The fourth-order valence-corrected chi connectivity index (χ4v) is 2.40. The second-order valence-electron chi connectivity index (χ2n) is 6.11. The van der Waals surface area contributed by atoms with Crippen molar-refractivity contribution in [3.63, 3.8) is 0 Å². The predicted octanol–water partition coefficient (Wildman–Crippen LogP) is 5.66. The second kappa shape index (κ2) is 7.91. The Morgan fingerprint density at radius 3 is 2.44 bits per heavy atom. The quantitative estimate of drug-likeness (QED) is 0.687. The third-order valence-corrected chi connectivity index (χ3v) is 3.74. The molecule has 0 saturated carbocycles. The third kappa shape index (κ3) is 5.77. The van der Waals surface area contributed by atoms with Gasteiger partial charge in [0.1, 0.15) is 17.5 Å². The number of anilines is 3. The number of hydrogen-bond acceptors (Lipinski definition) is 4. The van der Waals surface area contributed by atoms with E-state index in [9.17, 15) is 13.2 Å². The average molecular weight is 373 g/mol. The summed E-state index contributed by atoms with van der Waals surface area (Å²) in [6, 6.07) is 5.31. The second-order valence-corrected chi connectivity index (χ2v) is 6.52. The SMILES string of the molecule is Cc1nc(NCCC(C)C)cc(Nc2ccc(Cl)c(C(F)(F)F)c2)n1. The highest BCUT2D eigenvalue weighted by Crippen LogP contribution is 2.36. The van der Waals surface area contributed by atoms with Gasteiger partial charge >= 0.3 is 6.18 Å². The van der Waals surface area contributed by atoms with Crippen molar-refractivity contribution in [2.24, 2.45) is 5.92 Å². The Bertz CT molecular complexity index is 732. The number of alkyl halides is 3. The number of aryl methyl sites for hydroxylation is 1. The normalized spacial score (nSPS) is 11.7. The number of aromatic nitrogens is 2. The zero-order valence-corrected chi connectivity index (χ0v) is 15.0. The molecule has 0 atom stereocenters. The van der Waals surface area contributed by atoms with Gasteiger partial charge in [-0.05, 0) is 37.5 Å². The van der Waals surface area contributed by atoms with Crippen LogP contribution in [0, 0.1) is 12.8 Å². The molecule has 0 amide bonds. The van der Waals surface area contributed by atoms with Crippen LogP contribution in [0.15, 0.2) is 24.3 Å². The summed E-state index contributed by atoms with van der Waals surface area (Å²) in [4.78, 5) is 8.49. The first-order valence-electron chi connectivity index (χ1n) is 7.88. The van der Waals surface area contributed by atoms with E-state index in [0.29, 0.717) is 23.4 Å². The van der Waals surface area contributed by atoms with Crippen LogP contribution < -0.4 is 10.6 Å². The van der Waals surface area contributed by atoms with E-state index in [0.717, 1.165) is 19.0 Å². The Kier molecular flexibility index (Phi) is 6.11. The van der Waals surface area contributed by atoms with Crippen LogP contribution in [0.25, 0.3) is 0 Å². The predicted molar refractivity (Wildman–Crippen MR) is 94.5 cm³/mol. The molecule has 0 aliphatic carbocycles. The van der Waals surface area contributed by atoms with Crippen molar-refractivity contribution >= 4 is 28.9 Å². The van der Waals surface area contributed by atoms with E-state index in [4.69, 9.17) is 11.6 Å². The highest BCUT2D eigenvalue weighted by atomic mass is 35.5. The molecule has 0 aliphatic rings. The first-order chi connectivity index (χ1) is 11.6. The number of hydrogen-bond donors (Lipinski definition) is 2. The number of rotatable bonds is 6. The molecule has 8 heteroatoms. The average Bonchev–Trinajstić information content (AvgIpc) is 2.47. The minimum absolute atomic E-state index is 0.253. The topological polar surface area (TPSA) is 49.8 Å². The number of nitrogens with one attached hydrogen (secondary N) is 2. The summed E-state index contributed by atoms with van der Waals surface area (Å²) < 4.78 is 38.9. The molecule has 0 unspecified atom stereocenters. The van der Waals surface area contributed by atoms with E-state index in [1.165, 1.54) is 12.1 Å². The maximum absolute atomic E-state index is 13.0. The van der Waals surface area contributed by atoms with Gasteiger partial charge in [0.2, 0.25) is 0 Å². The smallest absolute Gasteiger partial charge is 0.370 e. The van der Waals surface area contributed by atoms with Crippen molar-refractivity contribution < 1.29 is 13.2 Å². The summed E-state index contributed by atoms with van der Waals surface area (Å²) in [5.74, 6) is 2.11. The van der Waals surface area contributed by atoms with Crippen LogP contribution in [-0.4, -0.2) is 16.5 Å². The van der Waals surface area contributed by atoms with Crippen molar-refractivity contribution in [1.82, 2.24) is 9.97 Å². The minimum atomic E-state index is -4.51. The molecule has 0 bridgehead atoms. The van der Waals surface area contributed by atoms with Gasteiger partial charge in [-0.15, -0.1) is 0 Å². The van der Waals surface area contributed by atoms with E-state index in [-0.39, 0.29) is 10.7 Å². The summed E-state index contributed by atoms with van der Waals surface area (Å²) in [6.07, 6.45) is -3.53. The summed E-state index contributed by atoms with van der Waals surface area (Å²) in [5.41, 5.74) is -0.636. The Morgan fingerprint density at radius 2 is 1.80 bits per heavy atom. The Morgan fingerprint density at radius 1 is 1.12 bits per heavy atom. The van der Waals surface area contributed by atoms with Crippen LogP contribution in [-0.2, 0) is 6.18 Å². The lowest BCUT2D eigenvalue weighted by Gasteiger charge is -2.13. The van der Waals surface area contributed by atoms with Crippen molar-refractivity contribution in [1.29, 1.82) is 0 Å². The van der Waals surface area contributed by atoms with Gasteiger partial charge in [-0.3, -0.25) is 0 Å². The zero-order valence-electron chi connectivity index (χ0n) is 14.2. The molecule has 1 heterocycles. The minimum Gasteiger partial charge on any atom is -0.370 e. The summed E-state index contributed by atoms with van der Waals surface area (Å²) in [7, 11) is 0. The van der Waals surface area contributed by atoms with Crippen LogP contribution in [0.4, 0.5) is 30.5 Å². The largest absolute Gasteiger partial charge is 0.417 e. The molecule has 4 nitrogen and oxygen atoms in total. The van der Waals surface area contributed by atoms with Gasteiger partial charge in [-0.1, -0.05) is 25.4 Å². The molecular formula is C17H20ClF3N4. The number of benzene rings is 1. The Labute approximate surface area is 149 Å². The van der Waals surface area contributed by atoms with Gasteiger partial charge < -0.3 is 10.6 Å². The van der Waals surface area contributed by atoms with Crippen LogP contribution in [0.5, 0.6) is 0 Å². The third-order valence-electron chi connectivity index (χ3n) is 3.41. The first kappa shape index (κ1) is 19.3. The van der Waals surface area contributed by atoms with Crippen molar-refractivity contribution in [2.45, 2.75) is 33.4 Å².